The molecule has 0 unspecified atom stereocenters. The minimum Gasteiger partial charge on any atom is -0.493 e. The van der Waals surface area contributed by atoms with Gasteiger partial charge in [0.1, 0.15) is 11.5 Å². The third kappa shape index (κ3) is 5.81. The normalized spacial score (nSPS) is 10.8. The Kier molecular flexibility index (Phi) is 6.87. The quantitative estimate of drug-likeness (QED) is 0.679. The number of carbonyl (C=O) groups excluding carboxylic acids is 1. The van der Waals surface area contributed by atoms with Crippen molar-refractivity contribution < 1.29 is 33.0 Å². The van der Waals surface area contributed by atoms with Crippen LogP contribution >= 0.6 is 0 Å². The largest absolute Gasteiger partial charge is 0.493 e. The summed E-state index contributed by atoms with van der Waals surface area (Å²) in [7, 11) is 0. The zero-order valence-corrected chi connectivity index (χ0v) is 14.3. The van der Waals surface area contributed by atoms with Crippen molar-refractivity contribution in [3.05, 3.63) is 59.7 Å². The molecule has 0 aromatic heterocycles. The molecule has 0 atom stereocenters. The molecule has 2 aromatic rings. The van der Waals surface area contributed by atoms with Gasteiger partial charge in [-0.1, -0.05) is 12.1 Å². The Hall–Kier alpha value is -3.42. The van der Waals surface area contributed by atoms with Gasteiger partial charge >= 0.3 is 12.6 Å². The fraction of sp³-hybridized carbons (Fsp3) is 0.158. The van der Waals surface area contributed by atoms with Gasteiger partial charge in [0.05, 0.1) is 17.9 Å². The van der Waals surface area contributed by atoms with Crippen LogP contribution in [0.25, 0.3) is 6.08 Å². The number of ether oxygens (including phenoxy) is 2. The number of rotatable bonds is 8. The molecule has 0 aliphatic carbocycles. The van der Waals surface area contributed by atoms with Gasteiger partial charge < -0.3 is 19.9 Å². The van der Waals surface area contributed by atoms with E-state index in [-0.39, 0.29) is 29.4 Å². The summed E-state index contributed by atoms with van der Waals surface area (Å²) in [5, 5.41) is 11.6. The first-order valence-electron chi connectivity index (χ1n) is 7.93. The molecule has 0 aliphatic heterocycles. The highest BCUT2D eigenvalue weighted by atomic mass is 19.3. The number of halogens is 2. The monoisotopic (exact) mass is 377 g/mol. The number of alkyl halides is 2. The van der Waals surface area contributed by atoms with Gasteiger partial charge in [-0.05, 0) is 37.3 Å². The van der Waals surface area contributed by atoms with Crippen molar-refractivity contribution in [1.82, 2.24) is 0 Å². The molecule has 0 heterocycles. The van der Waals surface area contributed by atoms with Crippen LogP contribution in [-0.4, -0.2) is 30.2 Å². The summed E-state index contributed by atoms with van der Waals surface area (Å²) >= 11 is 0. The number of carboxylic acids is 1. The lowest BCUT2D eigenvalue weighted by Crippen LogP contribution is -2.11. The second kappa shape index (κ2) is 9.33. The van der Waals surface area contributed by atoms with E-state index in [1.807, 2.05) is 0 Å². The van der Waals surface area contributed by atoms with Gasteiger partial charge in [-0.25, -0.2) is 4.79 Å². The summed E-state index contributed by atoms with van der Waals surface area (Å²) in [6.45, 7) is -0.943. The number of carboxylic acid groups (broad SMARTS) is 1. The average molecular weight is 377 g/mol. The summed E-state index contributed by atoms with van der Waals surface area (Å²) in [5.74, 6) is -1.52. The second-order valence-electron chi connectivity index (χ2n) is 5.18. The van der Waals surface area contributed by atoms with Crippen molar-refractivity contribution in [2.45, 2.75) is 13.5 Å². The molecule has 2 N–H and O–H groups in total. The Morgan fingerprint density at radius 2 is 1.96 bits per heavy atom. The Bertz CT molecular complexity index is 852. The number of para-hydroxylation sites is 1. The van der Waals surface area contributed by atoms with Crippen molar-refractivity contribution in [3.8, 4) is 11.5 Å². The highest BCUT2D eigenvalue weighted by Gasteiger charge is 2.11. The van der Waals surface area contributed by atoms with Gasteiger partial charge in [-0.3, -0.25) is 4.79 Å². The lowest BCUT2D eigenvalue weighted by molar-refractivity contribution is -0.111. The predicted molar refractivity (Wildman–Crippen MR) is 95.3 cm³/mol. The molecule has 0 spiro atoms. The lowest BCUT2D eigenvalue weighted by Gasteiger charge is -2.10. The van der Waals surface area contributed by atoms with Crippen LogP contribution in [0.15, 0.2) is 48.5 Å². The van der Waals surface area contributed by atoms with Crippen molar-refractivity contribution in [2.75, 3.05) is 11.9 Å². The van der Waals surface area contributed by atoms with E-state index in [4.69, 9.17) is 9.84 Å². The first kappa shape index (κ1) is 19.9. The molecule has 0 aliphatic rings. The molecule has 1 amide bonds. The molecule has 2 aromatic carbocycles. The molecule has 27 heavy (non-hydrogen) atoms. The van der Waals surface area contributed by atoms with Gasteiger partial charge in [0, 0.05) is 17.7 Å². The molecule has 0 radical (unpaired) electrons. The van der Waals surface area contributed by atoms with Crippen LogP contribution in [0, 0.1) is 0 Å². The van der Waals surface area contributed by atoms with Crippen molar-refractivity contribution >= 4 is 23.6 Å². The summed E-state index contributed by atoms with van der Waals surface area (Å²) in [6, 6.07) is 10.1. The Morgan fingerprint density at radius 3 is 2.63 bits per heavy atom. The molecule has 142 valence electrons. The number of carbonyl (C=O) groups is 2. The van der Waals surface area contributed by atoms with Crippen LogP contribution in [0.3, 0.4) is 0 Å². The predicted octanol–water partition coefficient (Wildman–Crippen LogP) is 4.04. The molecule has 0 fully saturated rings. The lowest BCUT2D eigenvalue weighted by atomic mass is 10.1. The molecule has 6 nitrogen and oxygen atoms in total. The number of benzene rings is 2. The highest BCUT2D eigenvalue weighted by Crippen LogP contribution is 2.27. The minimum absolute atomic E-state index is 0.0391. The van der Waals surface area contributed by atoms with E-state index in [1.165, 1.54) is 42.5 Å². The van der Waals surface area contributed by atoms with Gasteiger partial charge in [0.15, 0.2) is 0 Å². The van der Waals surface area contributed by atoms with Gasteiger partial charge in [-0.2, -0.15) is 8.78 Å². The third-order valence-corrected chi connectivity index (χ3v) is 3.34. The molecule has 0 bridgehead atoms. The summed E-state index contributed by atoms with van der Waals surface area (Å²) < 4.78 is 34.3. The number of nitrogens with one attached hydrogen (secondary N) is 1. The number of amides is 1. The molecule has 2 rings (SSSR count). The van der Waals surface area contributed by atoms with Gasteiger partial charge in [-0.15, -0.1) is 0 Å². The number of hydrogen-bond acceptors (Lipinski definition) is 4. The maximum Gasteiger partial charge on any atom is 0.387 e. The fourth-order valence-electron chi connectivity index (χ4n) is 2.23. The Labute approximate surface area is 154 Å². The molecule has 8 heteroatoms. The number of anilines is 1. The second-order valence-corrected chi connectivity index (χ2v) is 5.18. The first-order chi connectivity index (χ1) is 12.9. The SMILES string of the molecule is CCOc1cc(OC(F)F)ccc1/C=C/C(=O)Nc1ccccc1C(=O)O. The topological polar surface area (TPSA) is 84.9 Å². The van der Waals surface area contributed by atoms with Crippen LogP contribution in [0.4, 0.5) is 14.5 Å². The van der Waals surface area contributed by atoms with E-state index in [1.54, 1.807) is 19.1 Å². The van der Waals surface area contributed by atoms with E-state index >= 15 is 0 Å². The van der Waals surface area contributed by atoms with E-state index in [0.29, 0.717) is 5.56 Å². The van der Waals surface area contributed by atoms with Gasteiger partial charge in [0.2, 0.25) is 5.91 Å². The Morgan fingerprint density at radius 1 is 1.22 bits per heavy atom. The highest BCUT2D eigenvalue weighted by molar-refractivity contribution is 6.06. The molecular weight excluding hydrogens is 360 g/mol. The van der Waals surface area contributed by atoms with Crippen molar-refractivity contribution in [2.24, 2.45) is 0 Å². The van der Waals surface area contributed by atoms with Crippen molar-refractivity contribution in [3.63, 3.8) is 0 Å². The van der Waals surface area contributed by atoms with Crippen LogP contribution in [0.2, 0.25) is 0 Å². The maximum absolute atomic E-state index is 12.3. The van der Waals surface area contributed by atoms with E-state index in [2.05, 4.69) is 10.1 Å². The van der Waals surface area contributed by atoms with Crippen LogP contribution in [0.5, 0.6) is 11.5 Å². The van der Waals surface area contributed by atoms with Crippen LogP contribution < -0.4 is 14.8 Å². The summed E-state index contributed by atoms with van der Waals surface area (Å²) in [5.41, 5.74) is 0.591. The Balaban J connectivity index is 2.17. The van der Waals surface area contributed by atoms with Crippen LogP contribution in [-0.2, 0) is 4.79 Å². The van der Waals surface area contributed by atoms with Crippen LogP contribution in [0.1, 0.15) is 22.8 Å². The van der Waals surface area contributed by atoms with E-state index < -0.39 is 18.5 Å². The van der Waals surface area contributed by atoms with Gasteiger partial charge in [0.25, 0.3) is 0 Å². The van der Waals surface area contributed by atoms with E-state index in [0.717, 1.165) is 0 Å². The minimum atomic E-state index is -2.96. The number of hydrogen-bond donors (Lipinski definition) is 2. The zero-order valence-electron chi connectivity index (χ0n) is 14.3. The van der Waals surface area contributed by atoms with Crippen molar-refractivity contribution in [1.29, 1.82) is 0 Å². The number of aromatic carboxylic acids is 1. The zero-order chi connectivity index (χ0) is 19.8. The molecular formula is C19H17F2NO5. The standard InChI is InChI=1S/C19H17F2NO5/c1-2-26-16-11-13(27-19(20)21)9-7-12(16)8-10-17(23)22-15-6-4-3-5-14(15)18(24)25/h3-11,19H,2H2,1H3,(H,22,23)(H,24,25)/b10-8+. The smallest absolute Gasteiger partial charge is 0.387 e. The summed E-state index contributed by atoms with van der Waals surface area (Å²) in [6.07, 6.45) is 2.61. The first-order valence-corrected chi connectivity index (χ1v) is 7.93. The average Bonchev–Trinajstić information content (AvgIpc) is 2.61. The third-order valence-electron chi connectivity index (χ3n) is 3.34. The molecule has 0 saturated heterocycles. The summed E-state index contributed by atoms with van der Waals surface area (Å²) in [4.78, 5) is 23.2. The van der Waals surface area contributed by atoms with E-state index in [9.17, 15) is 18.4 Å². The fourth-order valence-corrected chi connectivity index (χ4v) is 2.23. The maximum atomic E-state index is 12.3. The molecule has 0 saturated carbocycles.